The van der Waals surface area contributed by atoms with Crippen LogP contribution in [0.2, 0.25) is 0 Å². The molecular formula is C19H23N5O5. The number of aromatic hydroxyl groups is 1. The van der Waals surface area contributed by atoms with E-state index in [0.29, 0.717) is 23.5 Å². The second-order valence-electron chi connectivity index (χ2n) is 7.19. The molecule has 0 bridgehead atoms. The molecule has 4 atom stereocenters. The molecule has 2 aromatic heterocycles. The van der Waals surface area contributed by atoms with Gasteiger partial charge in [-0.05, 0) is 42.7 Å². The highest BCUT2D eigenvalue weighted by atomic mass is 16.6. The SMILES string of the molecule is Cc1cc(O)cc(C)c1CNc1ncnc2c1ncn2[C@@H]1O[C@H](CO)[C@@H](O)[C@H]1O. The average molecular weight is 401 g/mol. The first-order valence-electron chi connectivity index (χ1n) is 9.23. The third-order valence-corrected chi connectivity index (χ3v) is 5.26. The first kappa shape index (κ1) is 19.5. The lowest BCUT2D eigenvalue weighted by Gasteiger charge is -2.16. The number of hydrogen-bond donors (Lipinski definition) is 5. The van der Waals surface area contributed by atoms with Gasteiger partial charge in [0.15, 0.2) is 23.2 Å². The molecule has 1 saturated heterocycles. The van der Waals surface area contributed by atoms with Gasteiger partial charge in [0.25, 0.3) is 0 Å². The summed E-state index contributed by atoms with van der Waals surface area (Å²) in [6, 6.07) is 3.41. The normalized spacial score (nSPS) is 24.3. The summed E-state index contributed by atoms with van der Waals surface area (Å²) in [7, 11) is 0. The number of fused-ring (bicyclic) bond motifs is 1. The highest BCUT2D eigenvalue weighted by Crippen LogP contribution is 2.32. The largest absolute Gasteiger partial charge is 0.508 e. The number of rotatable bonds is 5. The maximum absolute atomic E-state index is 10.3. The Morgan fingerprint density at radius 1 is 1.10 bits per heavy atom. The fourth-order valence-electron chi connectivity index (χ4n) is 3.70. The third-order valence-electron chi connectivity index (χ3n) is 5.26. The number of ether oxygens (including phenoxy) is 1. The van der Waals surface area contributed by atoms with Crippen LogP contribution in [0.5, 0.6) is 5.75 Å². The Kier molecular flexibility index (Phi) is 5.09. The van der Waals surface area contributed by atoms with Gasteiger partial charge in [0.1, 0.15) is 30.4 Å². The molecule has 0 radical (unpaired) electrons. The zero-order chi connectivity index (χ0) is 20.7. The van der Waals surface area contributed by atoms with Crippen LogP contribution >= 0.6 is 0 Å². The number of benzene rings is 1. The second-order valence-corrected chi connectivity index (χ2v) is 7.19. The Labute approximate surface area is 166 Å². The molecule has 1 aliphatic rings. The van der Waals surface area contributed by atoms with Crippen LogP contribution in [-0.4, -0.2) is 64.9 Å². The minimum Gasteiger partial charge on any atom is -0.508 e. The van der Waals surface area contributed by atoms with Crippen molar-refractivity contribution in [2.75, 3.05) is 11.9 Å². The van der Waals surface area contributed by atoms with Crippen LogP contribution in [-0.2, 0) is 11.3 Å². The Balaban J connectivity index is 1.62. The van der Waals surface area contributed by atoms with Gasteiger partial charge in [0.2, 0.25) is 0 Å². The van der Waals surface area contributed by atoms with Crippen LogP contribution in [0.1, 0.15) is 22.9 Å². The summed E-state index contributed by atoms with van der Waals surface area (Å²) in [5, 5.41) is 42.5. The monoisotopic (exact) mass is 401 g/mol. The van der Waals surface area contributed by atoms with Gasteiger partial charge in [-0.2, -0.15) is 0 Å². The van der Waals surface area contributed by atoms with Crippen LogP contribution in [0.4, 0.5) is 5.82 Å². The minimum atomic E-state index is -1.22. The predicted molar refractivity (Wildman–Crippen MR) is 103 cm³/mol. The molecule has 1 fully saturated rings. The highest BCUT2D eigenvalue weighted by molar-refractivity contribution is 5.82. The van der Waals surface area contributed by atoms with Crippen molar-refractivity contribution >= 4 is 17.0 Å². The van der Waals surface area contributed by atoms with Crippen LogP contribution in [0.15, 0.2) is 24.8 Å². The first-order chi connectivity index (χ1) is 13.9. The average Bonchev–Trinajstić information content (AvgIpc) is 3.23. The standard InChI is InChI=1S/C19H23N5O5/c1-9-3-11(26)4-10(2)12(9)5-20-17-14-18(22-7-21-17)24(8-23-14)19-16(28)15(27)13(6-25)29-19/h3-4,7-8,13,15-16,19,25-28H,5-6H2,1-2H3,(H,20,21,22)/t13-,15-,16-,19-/m1/s1. The molecule has 10 heteroatoms. The predicted octanol–water partition coefficient (Wildman–Crippen LogP) is 0.372. The smallest absolute Gasteiger partial charge is 0.167 e. The van der Waals surface area contributed by atoms with Gasteiger partial charge < -0.3 is 30.5 Å². The fourth-order valence-corrected chi connectivity index (χ4v) is 3.70. The Hall–Kier alpha value is -2.79. The van der Waals surface area contributed by atoms with Crippen LogP contribution < -0.4 is 5.32 Å². The molecule has 0 saturated carbocycles. The van der Waals surface area contributed by atoms with Gasteiger partial charge in [0.05, 0.1) is 12.9 Å². The number of anilines is 1. The zero-order valence-corrected chi connectivity index (χ0v) is 16.0. The fraction of sp³-hybridized carbons (Fsp3) is 0.421. The van der Waals surface area contributed by atoms with E-state index in [4.69, 9.17) is 4.74 Å². The molecule has 0 amide bonds. The molecule has 3 aromatic rings. The van der Waals surface area contributed by atoms with Gasteiger partial charge in [0, 0.05) is 6.54 Å². The number of phenolic OH excluding ortho intramolecular Hbond substituents is 1. The minimum absolute atomic E-state index is 0.227. The number of nitrogens with zero attached hydrogens (tertiary/aromatic N) is 4. The van der Waals surface area contributed by atoms with Crippen LogP contribution in [0.3, 0.4) is 0 Å². The van der Waals surface area contributed by atoms with Crippen molar-refractivity contribution in [2.24, 2.45) is 0 Å². The van der Waals surface area contributed by atoms with Crippen molar-refractivity contribution in [3.63, 3.8) is 0 Å². The second kappa shape index (κ2) is 7.56. The summed E-state index contributed by atoms with van der Waals surface area (Å²) in [5.74, 6) is 0.734. The third kappa shape index (κ3) is 3.40. The molecule has 29 heavy (non-hydrogen) atoms. The molecule has 3 heterocycles. The Morgan fingerprint density at radius 2 is 1.83 bits per heavy atom. The van der Waals surface area contributed by atoms with Gasteiger partial charge >= 0.3 is 0 Å². The molecule has 0 aliphatic carbocycles. The summed E-state index contributed by atoms with van der Waals surface area (Å²) in [5.41, 5.74) is 3.86. The molecule has 1 aliphatic heterocycles. The van der Waals surface area contributed by atoms with E-state index in [1.54, 1.807) is 12.1 Å². The van der Waals surface area contributed by atoms with Crippen molar-refractivity contribution in [1.29, 1.82) is 0 Å². The summed E-state index contributed by atoms with van der Waals surface area (Å²) < 4.78 is 7.08. The molecule has 0 spiro atoms. The van der Waals surface area contributed by atoms with E-state index in [2.05, 4.69) is 20.3 Å². The van der Waals surface area contributed by atoms with Gasteiger partial charge in [-0.25, -0.2) is 15.0 Å². The van der Waals surface area contributed by atoms with Gasteiger partial charge in [-0.1, -0.05) is 0 Å². The van der Waals surface area contributed by atoms with Crippen molar-refractivity contribution in [2.45, 2.75) is 44.9 Å². The van der Waals surface area contributed by atoms with Crippen LogP contribution in [0.25, 0.3) is 11.2 Å². The lowest BCUT2D eigenvalue weighted by molar-refractivity contribution is -0.0511. The molecule has 10 nitrogen and oxygen atoms in total. The van der Waals surface area contributed by atoms with E-state index in [0.717, 1.165) is 16.7 Å². The molecule has 5 N–H and O–H groups in total. The summed E-state index contributed by atoms with van der Waals surface area (Å²) in [6.07, 6.45) is -1.40. The van der Waals surface area contributed by atoms with Crippen molar-refractivity contribution in [1.82, 2.24) is 19.5 Å². The number of phenols is 1. The number of aryl methyl sites for hydroxylation is 2. The number of aliphatic hydroxyl groups is 3. The topological polar surface area (TPSA) is 146 Å². The van der Waals surface area contributed by atoms with Gasteiger partial charge in [-0.3, -0.25) is 4.57 Å². The van der Waals surface area contributed by atoms with E-state index >= 15 is 0 Å². The zero-order valence-electron chi connectivity index (χ0n) is 16.0. The van der Waals surface area contributed by atoms with E-state index in [1.807, 2.05) is 13.8 Å². The van der Waals surface area contributed by atoms with E-state index in [9.17, 15) is 20.4 Å². The Morgan fingerprint density at radius 3 is 2.48 bits per heavy atom. The van der Waals surface area contributed by atoms with Crippen molar-refractivity contribution < 1.29 is 25.2 Å². The van der Waals surface area contributed by atoms with E-state index < -0.39 is 31.1 Å². The van der Waals surface area contributed by atoms with Crippen molar-refractivity contribution in [3.8, 4) is 5.75 Å². The molecule has 0 unspecified atom stereocenters. The van der Waals surface area contributed by atoms with Crippen LogP contribution in [0, 0.1) is 13.8 Å². The summed E-state index contributed by atoms with van der Waals surface area (Å²) in [4.78, 5) is 12.8. The molecule has 154 valence electrons. The lowest BCUT2D eigenvalue weighted by Crippen LogP contribution is -2.33. The number of imidazole rings is 1. The number of aliphatic hydroxyl groups excluding tert-OH is 3. The number of nitrogens with one attached hydrogen (secondary N) is 1. The summed E-state index contributed by atoms with van der Waals surface area (Å²) >= 11 is 0. The highest BCUT2D eigenvalue weighted by Gasteiger charge is 2.44. The van der Waals surface area contributed by atoms with Gasteiger partial charge in [-0.15, -0.1) is 0 Å². The maximum atomic E-state index is 10.3. The first-order valence-corrected chi connectivity index (χ1v) is 9.23. The van der Waals surface area contributed by atoms with E-state index in [-0.39, 0.29) is 5.75 Å². The van der Waals surface area contributed by atoms with Crippen molar-refractivity contribution in [3.05, 3.63) is 41.5 Å². The maximum Gasteiger partial charge on any atom is 0.167 e. The molecular weight excluding hydrogens is 378 g/mol. The Bertz CT molecular complexity index is 1020. The number of aromatic nitrogens is 4. The quantitative estimate of drug-likeness (QED) is 0.409. The molecule has 1 aromatic carbocycles. The number of hydrogen-bond acceptors (Lipinski definition) is 9. The molecule has 4 rings (SSSR count). The van der Waals surface area contributed by atoms with E-state index in [1.165, 1.54) is 17.2 Å². The summed E-state index contributed by atoms with van der Waals surface area (Å²) in [6.45, 7) is 3.92. The lowest BCUT2D eigenvalue weighted by atomic mass is 10.0.